The standard InChI is InChI=1S/C21H16ClN3O5/c1-13-9-16(25(29)30)11-24(21(13)28)12-19(26)23-18-8-7-15(22)10-17(18)20(27)14-5-3-2-4-6-14/h2-11H,12H2,1H3,(H,23,26). The fourth-order valence-corrected chi connectivity index (χ4v) is 3.06. The third-order valence-corrected chi connectivity index (χ3v) is 4.55. The van der Waals surface area contributed by atoms with Crippen molar-refractivity contribution in [1.29, 1.82) is 0 Å². The van der Waals surface area contributed by atoms with Crippen LogP contribution in [0.15, 0.2) is 65.6 Å². The molecule has 9 heteroatoms. The van der Waals surface area contributed by atoms with E-state index in [9.17, 15) is 24.5 Å². The van der Waals surface area contributed by atoms with Gasteiger partial charge < -0.3 is 5.32 Å². The van der Waals surface area contributed by atoms with E-state index < -0.39 is 22.9 Å². The number of nitrogens with zero attached hydrogens (tertiary/aromatic N) is 2. The van der Waals surface area contributed by atoms with Gasteiger partial charge in [0.25, 0.3) is 11.2 Å². The van der Waals surface area contributed by atoms with Crippen LogP contribution in [0, 0.1) is 17.0 Å². The predicted molar refractivity (Wildman–Crippen MR) is 112 cm³/mol. The molecule has 0 aliphatic rings. The van der Waals surface area contributed by atoms with Crippen molar-refractivity contribution in [3.8, 4) is 0 Å². The summed E-state index contributed by atoms with van der Waals surface area (Å²) in [5.41, 5.74) is 0.140. The summed E-state index contributed by atoms with van der Waals surface area (Å²) in [6.07, 6.45) is 1.01. The van der Waals surface area contributed by atoms with Crippen LogP contribution in [0.3, 0.4) is 0 Å². The maximum absolute atomic E-state index is 12.8. The van der Waals surface area contributed by atoms with Gasteiger partial charge in [0.2, 0.25) is 5.91 Å². The van der Waals surface area contributed by atoms with E-state index in [4.69, 9.17) is 11.6 Å². The molecular weight excluding hydrogens is 410 g/mol. The molecule has 0 saturated carbocycles. The molecule has 0 fully saturated rings. The van der Waals surface area contributed by atoms with Crippen LogP contribution in [-0.2, 0) is 11.3 Å². The van der Waals surface area contributed by atoms with E-state index in [1.807, 2.05) is 0 Å². The molecule has 1 N–H and O–H groups in total. The van der Waals surface area contributed by atoms with Gasteiger partial charge >= 0.3 is 0 Å². The molecular formula is C21H16ClN3O5. The molecule has 1 heterocycles. The van der Waals surface area contributed by atoms with Crippen molar-refractivity contribution < 1.29 is 14.5 Å². The highest BCUT2D eigenvalue weighted by Crippen LogP contribution is 2.24. The first kappa shape index (κ1) is 20.9. The number of hydrogen-bond acceptors (Lipinski definition) is 5. The van der Waals surface area contributed by atoms with Crippen LogP contribution >= 0.6 is 11.6 Å². The molecule has 8 nitrogen and oxygen atoms in total. The molecule has 0 atom stereocenters. The number of hydrogen-bond donors (Lipinski definition) is 1. The Hall–Kier alpha value is -3.78. The van der Waals surface area contributed by atoms with Gasteiger partial charge in [0.1, 0.15) is 6.54 Å². The molecule has 0 radical (unpaired) electrons. The van der Waals surface area contributed by atoms with Gasteiger partial charge in [-0.1, -0.05) is 41.9 Å². The van der Waals surface area contributed by atoms with E-state index in [2.05, 4.69) is 5.32 Å². The Kier molecular flexibility index (Phi) is 6.08. The maximum Gasteiger partial charge on any atom is 0.286 e. The van der Waals surface area contributed by atoms with Crippen molar-refractivity contribution in [2.24, 2.45) is 0 Å². The molecule has 0 aliphatic carbocycles. The SMILES string of the molecule is Cc1cc([N+](=O)[O-])cn(CC(=O)Nc2ccc(Cl)cc2C(=O)c2ccccc2)c1=O. The van der Waals surface area contributed by atoms with Crippen LogP contribution in [0.25, 0.3) is 0 Å². The lowest BCUT2D eigenvalue weighted by molar-refractivity contribution is -0.385. The molecule has 1 aromatic heterocycles. The first-order valence-corrected chi connectivity index (χ1v) is 9.18. The minimum Gasteiger partial charge on any atom is -0.324 e. The zero-order valence-corrected chi connectivity index (χ0v) is 16.6. The largest absolute Gasteiger partial charge is 0.324 e. The second kappa shape index (κ2) is 8.71. The summed E-state index contributed by atoms with van der Waals surface area (Å²) in [7, 11) is 0. The summed E-state index contributed by atoms with van der Waals surface area (Å²) in [4.78, 5) is 48.0. The van der Waals surface area contributed by atoms with Crippen LogP contribution in [-0.4, -0.2) is 21.2 Å². The molecule has 152 valence electrons. The smallest absolute Gasteiger partial charge is 0.286 e. The Labute approximate surface area is 175 Å². The number of aryl methyl sites for hydroxylation is 1. The van der Waals surface area contributed by atoms with Crippen LogP contribution in [0.5, 0.6) is 0 Å². The first-order valence-electron chi connectivity index (χ1n) is 8.81. The van der Waals surface area contributed by atoms with E-state index in [-0.39, 0.29) is 28.3 Å². The van der Waals surface area contributed by atoms with Crippen molar-refractivity contribution in [3.05, 3.63) is 103 Å². The number of carbonyl (C=O) groups excluding carboxylic acids is 2. The number of amides is 1. The average molecular weight is 426 g/mol. The van der Waals surface area contributed by atoms with Crippen LogP contribution in [0.1, 0.15) is 21.5 Å². The number of pyridine rings is 1. The predicted octanol–water partition coefficient (Wildman–Crippen LogP) is 3.59. The molecule has 3 aromatic rings. The summed E-state index contributed by atoms with van der Waals surface area (Å²) in [6, 6.07) is 14.1. The van der Waals surface area contributed by atoms with Crippen molar-refractivity contribution in [1.82, 2.24) is 4.57 Å². The molecule has 0 spiro atoms. The Morgan fingerprint density at radius 2 is 1.83 bits per heavy atom. The zero-order valence-electron chi connectivity index (χ0n) is 15.8. The van der Waals surface area contributed by atoms with Crippen LogP contribution in [0.2, 0.25) is 5.02 Å². The van der Waals surface area contributed by atoms with Crippen molar-refractivity contribution >= 4 is 34.7 Å². The number of aromatic nitrogens is 1. The number of nitro groups is 1. The van der Waals surface area contributed by atoms with Crippen molar-refractivity contribution in [2.75, 3.05) is 5.32 Å². The molecule has 2 aromatic carbocycles. The van der Waals surface area contributed by atoms with Crippen LogP contribution in [0.4, 0.5) is 11.4 Å². The number of anilines is 1. The van der Waals surface area contributed by atoms with Gasteiger partial charge in [0.05, 0.1) is 16.8 Å². The highest BCUT2D eigenvalue weighted by Gasteiger charge is 2.18. The van der Waals surface area contributed by atoms with Crippen molar-refractivity contribution in [3.63, 3.8) is 0 Å². The van der Waals surface area contributed by atoms with Gasteiger partial charge in [-0.3, -0.25) is 29.1 Å². The second-order valence-electron chi connectivity index (χ2n) is 6.50. The molecule has 0 unspecified atom stereocenters. The number of rotatable bonds is 6. The Morgan fingerprint density at radius 3 is 2.50 bits per heavy atom. The summed E-state index contributed by atoms with van der Waals surface area (Å²) in [5.74, 6) is -0.960. The van der Waals surface area contributed by atoms with Crippen molar-refractivity contribution in [2.45, 2.75) is 13.5 Å². The third-order valence-electron chi connectivity index (χ3n) is 4.31. The van der Waals surface area contributed by atoms with Gasteiger partial charge in [-0.05, 0) is 25.1 Å². The minimum atomic E-state index is -0.642. The highest BCUT2D eigenvalue weighted by molar-refractivity contribution is 6.31. The van der Waals surface area contributed by atoms with E-state index in [0.717, 1.165) is 16.8 Å². The maximum atomic E-state index is 12.8. The number of benzene rings is 2. The zero-order chi connectivity index (χ0) is 21.8. The minimum absolute atomic E-state index is 0.142. The molecule has 0 bridgehead atoms. The number of ketones is 1. The quantitative estimate of drug-likeness (QED) is 0.368. The van der Waals surface area contributed by atoms with Gasteiger partial charge in [-0.2, -0.15) is 0 Å². The van der Waals surface area contributed by atoms with E-state index >= 15 is 0 Å². The lowest BCUT2D eigenvalue weighted by Crippen LogP contribution is -2.29. The molecule has 3 rings (SSSR count). The fourth-order valence-electron chi connectivity index (χ4n) is 2.89. The molecule has 30 heavy (non-hydrogen) atoms. The second-order valence-corrected chi connectivity index (χ2v) is 6.94. The number of nitrogens with one attached hydrogen (secondary N) is 1. The number of carbonyl (C=O) groups is 2. The highest BCUT2D eigenvalue weighted by atomic mass is 35.5. The van der Waals surface area contributed by atoms with E-state index in [1.165, 1.54) is 25.1 Å². The van der Waals surface area contributed by atoms with Gasteiger partial charge in [-0.15, -0.1) is 0 Å². The third kappa shape index (κ3) is 4.61. The Balaban J connectivity index is 1.89. The molecule has 0 aliphatic heterocycles. The topological polar surface area (TPSA) is 111 Å². The van der Waals surface area contributed by atoms with Gasteiger partial charge in [-0.25, -0.2) is 0 Å². The lowest BCUT2D eigenvalue weighted by Gasteiger charge is -2.12. The van der Waals surface area contributed by atoms with E-state index in [1.54, 1.807) is 30.3 Å². The normalized spacial score (nSPS) is 10.5. The summed E-state index contributed by atoms with van der Waals surface area (Å²) in [6.45, 7) is 0.975. The van der Waals surface area contributed by atoms with Gasteiger partial charge in [0, 0.05) is 27.8 Å². The Bertz CT molecular complexity index is 1210. The first-order chi connectivity index (χ1) is 14.3. The van der Waals surface area contributed by atoms with Gasteiger partial charge in [0.15, 0.2) is 5.78 Å². The fraction of sp³-hybridized carbons (Fsp3) is 0.0952. The Morgan fingerprint density at radius 1 is 1.13 bits per heavy atom. The number of halogens is 1. The summed E-state index contributed by atoms with van der Waals surface area (Å²) < 4.78 is 0.956. The monoisotopic (exact) mass is 425 g/mol. The molecule has 0 saturated heterocycles. The summed E-state index contributed by atoms with van der Waals surface area (Å²) >= 11 is 6.03. The lowest BCUT2D eigenvalue weighted by atomic mass is 10.0. The van der Waals surface area contributed by atoms with Crippen LogP contribution < -0.4 is 10.9 Å². The molecule has 1 amide bonds. The van der Waals surface area contributed by atoms with E-state index in [0.29, 0.717) is 10.6 Å². The average Bonchev–Trinajstić information content (AvgIpc) is 2.72. The summed E-state index contributed by atoms with van der Waals surface area (Å²) in [5, 5.41) is 13.9.